The molecule has 0 spiro atoms. The molecule has 0 bridgehead atoms. The van der Waals surface area contributed by atoms with Gasteiger partial charge < -0.3 is 14.6 Å². The molecule has 0 saturated heterocycles. The van der Waals surface area contributed by atoms with Crippen LogP contribution in [0.1, 0.15) is 55.6 Å². The number of benzene rings is 2. The molecule has 0 aliphatic carbocycles. The summed E-state index contributed by atoms with van der Waals surface area (Å²) in [6.45, 7) is 8.96. The van der Waals surface area contributed by atoms with Crippen LogP contribution in [0.2, 0.25) is 0 Å². The average Bonchev–Trinajstić information content (AvgIpc) is 3.28. The smallest absolute Gasteiger partial charge is 0.331 e. The summed E-state index contributed by atoms with van der Waals surface area (Å²) < 4.78 is 40.2. The molecule has 2 aromatic carbocycles. The van der Waals surface area contributed by atoms with Gasteiger partial charge in [-0.1, -0.05) is 50.3 Å². The van der Waals surface area contributed by atoms with E-state index in [9.17, 15) is 18.4 Å². The van der Waals surface area contributed by atoms with E-state index in [0.29, 0.717) is 24.0 Å². The molecule has 0 aliphatic heterocycles. The molecule has 0 aliphatic rings. The quantitative estimate of drug-likeness (QED) is 0.198. The molecule has 0 atom stereocenters. The summed E-state index contributed by atoms with van der Waals surface area (Å²) >= 11 is 1.09. The van der Waals surface area contributed by atoms with Crippen molar-refractivity contribution in [2.45, 2.75) is 40.5 Å². The highest BCUT2D eigenvalue weighted by molar-refractivity contribution is 7.18. The summed E-state index contributed by atoms with van der Waals surface area (Å²) in [4.78, 5) is 28.2. The molecule has 0 radical (unpaired) electrons. The fourth-order valence-corrected chi connectivity index (χ4v) is 4.41. The lowest BCUT2D eigenvalue weighted by atomic mass is 9.99. The third kappa shape index (κ3) is 8.43. The van der Waals surface area contributed by atoms with Gasteiger partial charge in [0.1, 0.15) is 17.3 Å². The van der Waals surface area contributed by atoms with Gasteiger partial charge in [0.2, 0.25) is 5.06 Å². The Morgan fingerprint density at radius 2 is 1.85 bits per heavy atom. The number of carbonyl (C=O) groups is 2. The normalized spacial score (nSPS) is 11.9. The largest absolute Gasteiger partial charge is 0.486 e. The number of ether oxygens (including phenoxy) is 2. The third-order valence-electron chi connectivity index (χ3n) is 5.53. The van der Waals surface area contributed by atoms with E-state index < -0.39 is 29.1 Å². The standard InChI is InChI=1S/C29H32F2N2O5S/c1-17(26(35)36)12-21-22(30)14-20(15-23(21)31)25(34)33-28-32-24(27(37-5)39-28)19-10-6-8-18(13-19)9-7-11-38-16-29(2,3)4/h6,8,10,12-15H,7,9,11,16H2,1-5H3,(H,35,36)(H,32,33,34)/b17-12+. The summed E-state index contributed by atoms with van der Waals surface area (Å²) in [6.07, 6.45) is 2.56. The molecule has 1 aromatic heterocycles. The Hall–Kier alpha value is -3.63. The van der Waals surface area contributed by atoms with Crippen LogP contribution in [0.4, 0.5) is 13.9 Å². The van der Waals surface area contributed by atoms with Crippen LogP contribution >= 0.6 is 11.3 Å². The SMILES string of the molecule is COc1sc(NC(=O)c2cc(F)c(/C=C(\C)C(=O)O)c(F)c2)nc1-c1cccc(CCCOCC(C)(C)C)c1. The molecule has 2 N–H and O–H groups in total. The molecular formula is C29H32F2N2O5S. The van der Waals surface area contributed by atoms with E-state index in [2.05, 4.69) is 31.1 Å². The highest BCUT2D eigenvalue weighted by Gasteiger charge is 2.19. The minimum atomic E-state index is -1.31. The van der Waals surface area contributed by atoms with Crippen molar-refractivity contribution in [3.8, 4) is 16.3 Å². The Morgan fingerprint density at radius 3 is 2.46 bits per heavy atom. The molecule has 208 valence electrons. The molecule has 0 unspecified atom stereocenters. The molecular weight excluding hydrogens is 526 g/mol. The van der Waals surface area contributed by atoms with Crippen molar-refractivity contribution in [3.05, 3.63) is 70.3 Å². The van der Waals surface area contributed by atoms with Crippen LogP contribution < -0.4 is 10.1 Å². The molecule has 10 heteroatoms. The highest BCUT2D eigenvalue weighted by atomic mass is 32.1. The van der Waals surface area contributed by atoms with Crippen LogP contribution in [-0.4, -0.2) is 42.3 Å². The molecule has 39 heavy (non-hydrogen) atoms. The number of aryl methyl sites for hydroxylation is 1. The minimum absolute atomic E-state index is 0.123. The van der Waals surface area contributed by atoms with Crippen molar-refractivity contribution in [2.24, 2.45) is 5.41 Å². The van der Waals surface area contributed by atoms with Crippen molar-refractivity contribution in [1.82, 2.24) is 4.98 Å². The minimum Gasteiger partial charge on any atom is -0.486 e. The van der Waals surface area contributed by atoms with Gasteiger partial charge in [-0.15, -0.1) is 0 Å². The Bertz CT molecular complexity index is 1360. The summed E-state index contributed by atoms with van der Waals surface area (Å²) in [5.74, 6) is -4.19. The number of amides is 1. The maximum atomic E-state index is 14.5. The lowest BCUT2D eigenvalue weighted by Gasteiger charge is -2.17. The molecule has 1 amide bonds. The lowest BCUT2D eigenvalue weighted by molar-refractivity contribution is -0.132. The fourth-order valence-electron chi connectivity index (χ4n) is 3.61. The van der Waals surface area contributed by atoms with Gasteiger partial charge >= 0.3 is 5.97 Å². The predicted molar refractivity (Wildman–Crippen MR) is 148 cm³/mol. The first-order valence-electron chi connectivity index (χ1n) is 12.3. The zero-order chi connectivity index (χ0) is 28.7. The average molecular weight is 559 g/mol. The van der Waals surface area contributed by atoms with Crippen LogP contribution in [0.25, 0.3) is 17.3 Å². The number of halogens is 2. The summed E-state index contributed by atoms with van der Waals surface area (Å²) in [6, 6.07) is 9.53. The summed E-state index contributed by atoms with van der Waals surface area (Å²) in [5.41, 5.74) is 1.51. The zero-order valence-corrected chi connectivity index (χ0v) is 23.4. The number of hydrogen-bond donors (Lipinski definition) is 2. The molecule has 1 heterocycles. The number of rotatable bonds is 11. The Kier molecular flexibility index (Phi) is 9.93. The van der Waals surface area contributed by atoms with E-state index in [-0.39, 0.29) is 21.7 Å². The Morgan fingerprint density at radius 1 is 1.15 bits per heavy atom. The van der Waals surface area contributed by atoms with E-state index in [0.717, 1.165) is 53.5 Å². The van der Waals surface area contributed by atoms with Crippen LogP contribution in [0.3, 0.4) is 0 Å². The van der Waals surface area contributed by atoms with Crippen molar-refractivity contribution < 1.29 is 33.0 Å². The Balaban J connectivity index is 1.74. The number of hydrogen-bond acceptors (Lipinski definition) is 6. The monoisotopic (exact) mass is 558 g/mol. The van der Waals surface area contributed by atoms with Gasteiger partial charge in [0.25, 0.3) is 5.91 Å². The maximum absolute atomic E-state index is 14.5. The summed E-state index contributed by atoms with van der Waals surface area (Å²) in [7, 11) is 1.50. The topological polar surface area (TPSA) is 97.8 Å². The van der Waals surface area contributed by atoms with Crippen molar-refractivity contribution in [3.63, 3.8) is 0 Å². The van der Waals surface area contributed by atoms with Crippen molar-refractivity contribution >= 4 is 34.4 Å². The molecule has 7 nitrogen and oxygen atoms in total. The first kappa shape index (κ1) is 29.9. The number of anilines is 1. The number of carbonyl (C=O) groups excluding carboxylic acids is 1. The predicted octanol–water partition coefficient (Wildman–Crippen LogP) is 6.83. The third-order valence-corrected chi connectivity index (χ3v) is 6.46. The van der Waals surface area contributed by atoms with Crippen LogP contribution in [0.5, 0.6) is 5.06 Å². The van der Waals surface area contributed by atoms with Gasteiger partial charge in [-0.2, -0.15) is 0 Å². The zero-order valence-electron chi connectivity index (χ0n) is 22.6. The second-order valence-corrected chi connectivity index (χ2v) is 11.2. The molecule has 3 rings (SSSR count). The lowest BCUT2D eigenvalue weighted by Crippen LogP contribution is -2.15. The number of thiazole rings is 1. The van der Waals surface area contributed by atoms with Gasteiger partial charge in [-0.3, -0.25) is 10.1 Å². The first-order chi connectivity index (χ1) is 18.4. The van der Waals surface area contributed by atoms with Gasteiger partial charge in [0, 0.05) is 28.9 Å². The van der Waals surface area contributed by atoms with Crippen LogP contribution in [0.15, 0.2) is 42.0 Å². The van der Waals surface area contributed by atoms with Crippen molar-refractivity contribution in [1.29, 1.82) is 0 Å². The van der Waals surface area contributed by atoms with Crippen molar-refractivity contribution in [2.75, 3.05) is 25.6 Å². The van der Waals surface area contributed by atoms with E-state index >= 15 is 0 Å². The van der Waals surface area contributed by atoms with Crippen LogP contribution in [0, 0.1) is 17.0 Å². The number of aliphatic carboxylic acids is 1. The number of carboxylic acid groups (broad SMARTS) is 1. The highest BCUT2D eigenvalue weighted by Crippen LogP contribution is 2.38. The van der Waals surface area contributed by atoms with E-state index in [1.54, 1.807) is 0 Å². The maximum Gasteiger partial charge on any atom is 0.331 e. The van der Waals surface area contributed by atoms with Gasteiger partial charge in [-0.25, -0.2) is 18.6 Å². The molecule has 0 fully saturated rings. The number of methoxy groups -OCH3 is 1. The van der Waals surface area contributed by atoms with Gasteiger partial charge in [0.05, 0.1) is 13.7 Å². The van der Waals surface area contributed by atoms with E-state index in [4.69, 9.17) is 14.6 Å². The second kappa shape index (κ2) is 12.9. The number of aromatic nitrogens is 1. The first-order valence-corrected chi connectivity index (χ1v) is 13.1. The van der Waals surface area contributed by atoms with Crippen LogP contribution in [-0.2, 0) is 16.0 Å². The van der Waals surface area contributed by atoms with Gasteiger partial charge in [0.15, 0.2) is 5.13 Å². The number of carboxylic acids is 1. The number of nitrogens with zero attached hydrogens (tertiary/aromatic N) is 1. The molecule has 3 aromatic rings. The number of nitrogens with one attached hydrogen (secondary N) is 1. The van der Waals surface area contributed by atoms with E-state index in [1.807, 2.05) is 24.3 Å². The second-order valence-electron chi connectivity index (χ2n) is 10.2. The van der Waals surface area contributed by atoms with E-state index in [1.165, 1.54) is 14.0 Å². The Labute approximate surface area is 230 Å². The van der Waals surface area contributed by atoms with Gasteiger partial charge in [-0.05, 0) is 55.0 Å². The summed E-state index contributed by atoms with van der Waals surface area (Å²) in [5, 5.41) is 12.2. The molecule has 0 saturated carbocycles. The fraction of sp³-hybridized carbons (Fsp3) is 0.345.